The van der Waals surface area contributed by atoms with E-state index in [9.17, 15) is 4.79 Å². The molecule has 0 atom stereocenters. The average Bonchev–Trinajstić information content (AvgIpc) is 2.46. The molecule has 0 heterocycles. The van der Waals surface area contributed by atoms with E-state index in [2.05, 4.69) is 13.8 Å². The van der Waals surface area contributed by atoms with Gasteiger partial charge in [-0.15, -0.1) is 0 Å². The van der Waals surface area contributed by atoms with Gasteiger partial charge in [-0.2, -0.15) is 0 Å². The van der Waals surface area contributed by atoms with E-state index in [1.807, 2.05) is 30.0 Å². The summed E-state index contributed by atoms with van der Waals surface area (Å²) in [6, 6.07) is 5.89. The van der Waals surface area contributed by atoms with Gasteiger partial charge in [-0.3, -0.25) is 4.79 Å². The fourth-order valence-electron chi connectivity index (χ4n) is 2.46. The molecule has 0 radical (unpaired) electrons. The maximum atomic E-state index is 12.8. The van der Waals surface area contributed by atoms with Crippen LogP contribution in [0.1, 0.15) is 42.6 Å². The maximum absolute atomic E-state index is 12.8. The van der Waals surface area contributed by atoms with E-state index in [0.29, 0.717) is 24.4 Å². The molecule has 20 heavy (non-hydrogen) atoms. The van der Waals surface area contributed by atoms with E-state index in [0.717, 1.165) is 18.4 Å². The van der Waals surface area contributed by atoms with E-state index in [-0.39, 0.29) is 11.9 Å². The molecule has 112 valence electrons. The predicted octanol–water partition coefficient (Wildman–Crippen LogP) is 2.59. The van der Waals surface area contributed by atoms with Crippen molar-refractivity contribution in [2.45, 2.75) is 39.7 Å². The van der Waals surface area contributed by atoms with Crippen molar-refractivity contribution in [2.75, 3.05) is 20.2 Å². The molecule has 0 unspecified atom stereocenters. The van der Waals surface area contributed by atoms with Crippen LogP contribution in [0.4, 0.5) is 0 Å². The summed E-state index contributed by atoms with van der Waals surface area (Å²) in [7, 11) is 1.59. The van der Waals surface area contributed by atoms with Gasteiger partial charge in [0.05, 0.1) is 12.7 Å². The molecule has 4 heteroatoms. The molecular formula is C16H26N2O2. The number of methoxy groups -OCH3 is 1. The fraction of sp³-hybridized carbons (Fsp3) is 0.562. The first-order valence-electron chi connectivity index (χ1n) is 7.24. The van der Waals surface area contributed by atoms with Crippen LogP contribution >= 0.6 is 0 Å². The lowest BCUT2D eigenvalue weighted by Crippen LogP contribution is -2.42. The number of rotatable bonds is 7. The zero-order chi connectivity index (χ0) is 15.1. The number of aryl methyl sites for hydroxylation is 1. The molecule has 0 saturated carbocycles. The van der Waals surface area contributed by atoms with Crippen molar-refractivity contribution in [2.24, 2.45) is 5.73 Å². The number of hydrogen-bond donors (Lipinski definition) is 1. The third-order valence-electron chi connectivity index (χ3n) is 3.60. The standard InChI is InChI=1S/C16H26N2O2/c1-5-13(6-2)18(10-9-17)16(19)14-11-12(3)7-8-15(14)20-4/h7-8,11,13H,5-6,9-10,17H2,1-4H3. The number of carbonyl (C=O) groups excluding carboxylic acids is 1. The minimum atomic E-state index is 0.00435. The molecule has 0 aliphatic carbocycles. The molecule has 4 nitrogen and oxygen atoms in total. The second-order valence-electron chi connectivity index (χ2n) is 4.96. The Hall–Kier alpha value is -1.55. The summed E-state index contributed by atoms with van der Waals surface area (Å²) in [4.78, 5) is 14.7. The number of nitrogens with zero attached hydrogens (tertiary/aromatic N) is 1. The Morgan fingerprint density at radius 1 is 1.35 bits per heavy atom. The molecule has 0 aliphatic heterocycles. The van der Waals surface area contributed by atoms with Gasteiger partial charge in [-0.05, 0) is 31.9 Å². The van der Waals surface area contributed by atoms with Gasteiger partial charge < -0.3 is 15.4 Å². The van der Waals surface area contributed by atoms with Gasteiger partial charge in [0.2, 0.25) is 0 Å². The third-order valence-corrected chi connectivity index (χ3v) is 3.60. The van der Waals surface area contributed by atoms with Gasteiger partial charge in [0.1, 0.15) is 5.75 Å². The Bertz CT molecular complexity index is 442. The van der Waals surface area contributed by atoms with Crippen LogP contribution in [-0.4, -0.2) is 37.0 Å². The minimum Gasteiger partial charge on any atom is -0.496 e. The Morgan fingerprint density at radius 3 is 2.50 bits per heavy atom. The summed E-state index contributed by atoms with van der Waals surface area (Å²) < 4.78 is 5.32. The van der Waals surface area contributed by atoms with E-state index in [1.54, 1.807) is 7.11 Å². The van der Waals surface area contributed by atoms with Crippen LogP contribution in [0.3, 0.4) is 0 Å². The zero-order valence-electron chi connectivity index (χ0n) is 13.0. The third kappa shape index (κ3) is 3.73. The maximum Gasteiger partial charge on any atom is 0.257 e. The number of carbonyl (C=O) groups is 1. The van der Waals surface area contributed by atoms with Crippen LogP contribution in [0.2, 0.25) is 0 Å². The summed E-state index contributed by atoms with van der Waals surface area (Å²) in [6.07, 6.45) is 1.85. The molecule has 1 aromatic carbocycles. The first-order chi connectivity index (χ1) is 9.58. The second kappa shape index (κ2) is 7.90. The summed E-state index contributed by atoms with van der Waals surface area (Å²) in [6.45, 7) is 7.20. The Balaban J connectivity index is 3.14. The number of nitrogens with two attached hydrogens (primary N) is 1. The van der Waals surface area contributed by atoms with Gasteiger partial charge in [-0.1, -0.05) is 25.5 Å². The molecule has 0 fully saturated rings. The molecule has 0 aromatic heterocycles. The SMILES string of the molecule is CCC(CC)N(CCN)C(=O)c1cc(C)ccc1OC. The molecule has 0 bridgehead atoms. The highest BCUT2D eigenvalue weighted by atomic mass is 16.5. The molecule has 1 aromatic rings. The van der Waals surface area contributed by atoms with Gasteiger partial charge in [-0.25, -0.2) is 0 Å². The highest BCUT2D eigenvalue weighted by Crippen LogP contribution is 2.23. The summed E-state index contributed by atoms with van der Waals surface area (Å²) in [5.74, 6) is 0.623. The first-order valence-corrected chi connectivity index (χ1v) is 7.24. The lowest BCUT2D eigenvalue weighted by atomic mass is 10.1. The van der Waals surface area contributed by atoms with E-state index < -0.39 is 0 Å². The predicted molar refractivity (Wildman–Crippen MR) is 82.2 cm³/mol. The Morgan fingerprint density at radius 2 is 2.00 bits per heavy atom. The number of amides is 1. The Labute approximate surface area is 121 Å². The molecule has 1 rings (SSSR count). The van der Waals surface area contributed by atoms with Crippen molar-refractivity contribution in [1.29, 1.82) is 0 Å². The molecule has 1 amide bonds. The van der Waals surface area contributed by atoms with E-state index in [1.165, 1.54) is 0 Å². The summed E-state index contributed by atoms with van der Waals surface area (Å²) >= 11 is 0. The number of benzene rings is 1. The quantitative estimate of drug-likeness (QED) is 0.834. The van der Waals surface area contributed by atoms with E-state index >= 15 is 0 Å². The molecule has 0 spiro atoms. The lowest BCUT2D eigenvalue weighted by Gasteiger charge is -2.30. The van der Waals surface area contributed by atoms with Gasteiger partial charge in [0.25, 0.3) is 5.91 Å². The van der Waals surface area contributed by atoms with Crippen LogP contribution < -0.4 is 10.5 Å². The lowest BCUT2D eigenvalue weighted by molar-refractivity contribution is 0.0671. The monoisotopic (exact) mass is 278 g/mol. The van der Waals surface area contributed by atoms with Gasteiger partial charge in [0.15, 0.2) is 0 Å². The van der Waals surface area contributed by atoms with Crippen molar-refractivity contribution in [1.82, 2.24) is 4.90 Å². The van der Waals surface area contributed by atoms with Crippen molar-refractivity contribution in [3.05, 3.63) is 29.3 Å². The smallest absolute Gasteiger partial charge is 0.257 e. The second-order valence-corrected chi connectivity index (χ2v) is 4.96. The first kappa shape index (κ1) is 16.5. The van der Waals surface area contributed by atoms with E-state index in [4.69, 9.17) is 10.5 Å². The van der Waals surface area contributed by atoms with Crippen LogP contribution in [0.5, 0.6) is 5.75 Å². The zero-order valence-corrected chi connectivity index (χ0v) is 13.0. The van der Waals surface area contributed by atoms with Crippen molar-refractivity contribution >= 4 is 5.91 Å². The largest absolute Gasteiger partial charge is 0.496 e. The van der Waals surface area contributed by atoms with Crippen LogP contribution in [-0.2, 0) is 0 Å². The Kier molecular flexibility index (Phi) is 6.52. The highest BCUT2D eigenvalue weighted by Gasteiger charge is 2.24. The van der Waals surface area contributed by atoms with Crippen molar-refractivity contribution in [3.63, 3.8) is 0 Å². The average molecular weight is 278 g/mol. The summed E-state index contributed by atoms with van der Waals surface area (Å²) in [5.41, 5.74) is 7.33. The van der Waals surface area contributed by atoms with Crippen molar-refractivity contribution in [3.8, 4) is 5.75 Å². The molecule has 0 saturated heterocycles. The fourth-order valence-corrected chi connectivity index (χ4v) is 2.46. The van der Waals surface area contributed by atoms with Crippen LogP contribution in [0.15, 0.2) is 18.2 Å². The normalized spacial score (nSPS) is 10.7. The van der Waals surface area contributed by atoms with Crippen molar-refractivity contribution < 1.29 is 9.53 Å². The molecule has 2 N–H and O–H groups in total. The molecular weight excluding hydrogens is 252 g/mol. The summed E-state index contributed by atoms with van der Waals surface area (Å²) in [5, 5.41) is 0. The van der Waals surface area contributed by atoms with Crippen LogP contribution in [0.25, 0.3) is 0 Å². The minimum absolute atomic E-state index is 0.00435. The molecule has 0 aliphatic rings. The number of hydrogen-bond acceptors (Lipinski definition) is 3. The number of ether oxygens (including phenoxy) is 1. The highest BCUT2D eigenvalue weighted by molar-refractivity contribution is 5.97. The van der Waals surface area contributed by atoms with Crippen LogP contribution in [0, 0.1) is 6.92 Å². The van der Waals surface area contributed by atoms with Gasteiger partial charge in [0, 0.05) is 19.1 Å². The van der Waals surface area contributed by atoms with Gasteiger partial charge >= 0.3 is 0 Å². The topological polar surface area (TPSA) is 55.6 Å².